The van der Waals surface area contributed by atoms with E-state index in [1.165, 1.54) is 24.3 Å². The maximum Gasteiger partial charge on any atom is 0.318 e. The first-order valence-electron chi connectivity index (χ1n) is 6.97. The summed E-state index contributed by atoms with van der Waals surface area (Å²) in [5, 5.41) is 42.6. The molecular formula is C15H13N3O7. The summed E-state index contributed by atoms with van der Waals surface area (Å²) in [5.74, 6) is -1.02. The molecule has 0 aliphatic rings. The van der Waals surface area contributed by atoms with E-state index in [0.29, 0.717) is 5.56 Å². The highest BCUT2D eigenvalue weighted by atomic mass is 16.6. The van der Waals surface area contributed by atoms with Crippen molar-refractivity contribution in [3.05, 3.63) is 77.9 Å². The van der Waals surface area contributed by atoms with E-state index >= 15 is 0 Å². The third-order valence-corrected chi connectivity index (χ3v) is 3.98. The molecule has 1 N–H and O–H groups in total. The van der Waals surface area contributed by atoms with Gasteiger partial charge in [0.1, 0.15) is 0 Å². The van der Waals surface area contributed by atoms with Gasteiger partial charge in [-0.25, -0.2) is 0 Å². The third kappa shape index (κ3) is 3.22. The summed E-state index contributed by atoms with van der Waals surface area (Å²) < 4.78 is 0. The van der Waals surface area contributed by atoms with Gasteiger partial charge in [-0.05, 0) is 11.1 Å². The van der Waals surface area contributed by atoms with Crippen LogP contribution in [0, 0.1) is 30.3 Å². The van der Waals surface area contributed by atoms with Crippen molar-refractivity contribution in [3.63, 3.8) is 0 Å². The predicted molar refractivity (Wildman–Crippen MR) is 86.6 cm³/mol. The van der Waals surface area contributed by atoms with Crippen molar-refractivity contribution < 1.29 is 19.9 Å². The first-order chi connectivity index (χ1) is 11.6. The molecule has 0 unspecified atom stereocenters. The molecule has 0 aliphatic carbocycles. The van der Waals surface area contributed by atoms with Crippen molar-refractivity contribution in [2.45, 2.75) is 19.3 Å². The van der Waals surface area contributed by atoms with Crippen LogP contribution in [-0.2, 0) is 5.41 Å². The van der Waals surface area contributed by atoms with E-state index in [1.807, 2.05) is 0 Å². The summed E-state index contributed by atoms with van der Waals surface area (Å²) in [6.07, 6.45) is 0. The fraction of sp³-hybridized carbons (Fsp3) is 0.200. The molecule has 25 heavy (non-hydrogen) atoms. The molecule has 0 amide bonds. The van der Waals surface area contributed by atoms with Gasteiger partial charge in [-0.15, -0.1) is 0 Å². The van der Waals surface area contributed by atoms with Crippen LogP contribution in [0.2, 0.25) is 0 Å². The van der Waals surface area contributed by atoms with E-state index in [-0.39, 0.29) is 11.3 Å². The Morgan fingerprint density at radius 3 is 1.60 bits per heavy atom. The van der Waals surface area contributed by atoms with Crippen LogP contribution in [0.5, 0.6) is 5.75 Å². The van der Waals surface area contributed by atoms with Gasteiger partial charge in [0, 0.05) is 29.7 Å². The molecule has 0 radical (unpaired) electrons. The number of hydrogen-bond acceptors (Lipinski definition) is 7. The number of phenols is 1. The molecule has 0 heterocycles. The van der Waals surface area contributed by atoms with Gasteiger partial charge in [0.05, 0.1) is 14.8 Å². The summed E-state index contributed by atoms with van der Waals surface area (Å²) in [7, 11) is 0. The molecule has 0 saturated heterocycles. The number of aromatic hydroxyl groups is 1. The summed E-state index contributed by atoms with van der Waals surface area (Å²) in [4.78, 5) is 30.5. The minimum atomic E-state index is -1.02. The van der Waals surface area contributed by atoms with E-state index in [9.17, 15) is 35.4 Å². The van der Waals surface area contributed by atoms with Gasteiger partial charge in [0.25, 0.3) is 11.4 Å². The zero-order valence-electron chi connectivity index (χ0n) is 13.2. The molecule has 10 nitrogen and oxygen atoms in total. The Hall–Kier alpha value is -3.56. The molecule has 0 bridgehead atoms. The largest absolute Gasteiger partial charge is 0.497 e. The van der Waals surface area contributed by atoms with E-state index in [4.69, 9.17) is 0 Å². The van der Waals surface area contributed by atoms with E-state index in [1.54, 1.807) is 13.8 Å². The Bertz CT molecular complexity index is 840. The van der Waals surface area contributed by atoms with E-state index < -0.39 is 37.3 Å². The number of nitro groups is 3. The van der Waals surface area contributed by atoms with Crippen LogP contribution in [0.25, 0.3) is 0 Å². The average molecular weight is 347 g/mol. The van der Waals surface area contributed by atoms with Gasteiger partial charge < -0.3 is 5.11 Å². The van der Waals surface area contributed by atoms with Gasteiger partial charge in [0.15, 0.2) is 0 Å². The van der Waals surface area contributed by atoms with Crippen LogP contribution >= 0.6 is 0 Å². The maximum atomic E-state index is 11.1. The predicted octanol–water partition coefficient (Wildman–Crippen LogP) is 3.44. The van der Waals surface area contributed by atoms with Crippen molar-refractivity contribution in [2.24, 2.45) is 0 Å². The highest BCUT2D eigenvalue weighted by molar-refractivity contribution is 5.63. The molecule has 10 heteroatoms. The number of nitro benzene ring substituents is 3. The van der Waals surface area contributed by atoms with Gasteiger partial charge >= 0.3 is 11.4 Å². The molecule has 2 aromatic rings. The summed E-state index contributed by atoms with van der Waals surface area (Å²) in [6.45, 7) is 3.32. The quantitative estimate of drug-likeness (QED) is 0.642. The Labute approximate surface area is 140 Å². The summed E-state index contributed by atoms with van der Waals surface area (Å²) in [6, 6.07) is 7.62. The highest BCUT2D eigenvalue weighted by Crippen LogP contribution is 2.42. The molecule has 130 valence electrons. The van der Waals surface area contributed by atoms with Gasteiger partial charge in [0.2, 0.25) is 0 Å². The topological polar surface area (TPSA) is 150 Å². The highest BCUT2D eigenvalue weighted by Gasteiger charge is 2.32. The van der Waals surface area contributed by atoms with Crippen molar-refractivity contribution in [2.75, 3.05) is 0 Å². The summed E-state index contributed by atoms with van der Waals surface area (Å²) >= 11 is 0. The SMILES string of the molecule is CC(C)(c1ccc([N+](=O)[O-])cc1)c1cc([N+](=O)[O-])c(O)c([N+](=O)[O-])c1. The Kier molecular flexibility index (Phi) is 4.38. The second kappa shape index (κ2) is 6.15. The Balaban J connectivity index is 2.63. The number of rotatable bonds is 5. The fourth-order valence-electron chi connectivity index (χ4n) is 2.41. The normalized spacial score (nSPS) is 11.1. The van der Waals surface area contributed by atoms with Crippen LogP contribution in [0.1, 0.15) is 25.0 Å². The third-order valence-electron chi connectivity index (χ3n) is 3.98. The van der Waals surface area contributed by atoms with Crippen LogP contribution < -0.4 is 0 Å². The summed E-state index contributed by atoms with van der Waals surface area (Å²) in [5.41, 5.74) is -1.83. The molecule has 0 aromatic heterocycles. The monoisotopic (exact) mass is 347 g/mol. The first-order valence-corrected chi connectivity index (χ1v) is 6.97. The van der Waals surface area contributed by atoms with Crippen LogP contribution in [0.4, 0.5) is 17.1 Å². The lowest BCUT2D eigenvalue weighted by molar-refractivity contribution is -0.396. The minimum absolute atomic E-state index is 0.123. The Morgan fingerprint density at radius 1 is 0.800 bits per heavy atom. The van der Waals surface area contributed by atoms with Crippen LogP contribution in [0.15, 0.2) is 36.4 Å². The lowest BCUT2D eigenvalue weighted by Crippen LogP contribution is -2.19. The fourth-order valence-corrected chi connectivity index (χ4v) is 2.41. The molecule has 2 aromatic carbocycles. The van der Waals surface area contributed by atoms with Gasteiger partial charge in [-0.1, -0.05) is 26.0 Å². The molecular weight excluding hydrogens is 334 g/mol. The first kappa shape index (κ1) is 17.8. The maximum absolute atomic E-state index is 11.1. The van der Waals surface area contributed by atoms with Crippen LogP contribution in [0.3, 0.4) is 0 Å². The second-order valence-corrected chi connectivity index (χ2v) is 5.81. The Morgan fingerprint density at radius 2 is 1.24 bits per heavy atom. The lowest BCUT2D eigenvalue weighted by Gasteiger charge is -2.25. The van der Waals surface area contributed by atoms with E-state index in [2.05, 4.69) is 0 Å². The number of benzene rings is 2. The zero-order valence-corrected chi connectivity index (χ0v) is 13.2. The van der Waals surface area contributed by atoms with Gasteiger partial charge in [-0.3, -0.25) is 30.3 Å². The van der Waals surface area contributed by atoms with Crippen molar-refractivity contribution >= 4 is 17.1 Å². The molecule has 0 spiro atoms. The van der Waals surface area contributed by atoms with Crippen molar-refractivity contribution in [3.8, 4) is 5.75 Å². The zero-order chi connectivity index (χ0) is 18.9. The number of hydrogen-bond donors (Lipinski definition) is 1. The second-order valence-electron chi connectivity index (χ2n) is 5.81. The minimum Gasteiger partial charge on any atom is -0.497 e. The van der Waals surface area contributed by atoms with E-state index in [0.717, 1.165) is 12.1 Å². The standard InChI is InChI=1S/C15H13N3O7/c1-15(2,9-3-5-11(6-4-9)16(20)21)10-7-12(17(22)23)14(19)13(8-10)18(24)25/h3-8,19H,1-2H3. The van der Waals surface area contributed by atoms with Crippen molar-refractivity contribution in [1.82, 2.24) is 0 Å². The number of phenolic OH excluding ortho intramolecular Hbond substituents is 1. The van der Waals surface area contributed by atoms with Crippen LogP contribution in [-0.4, -0.2) is 19.9 Å². The molecule has 0 saturated carbocycles. The molecule has 2 rings (SSSR count). The lowest BCUT2D eigenvalue weighted by atomic mass is 9.77. The number of nitrogens with zero attached hydrogens (tertiary/aromatic N) is 3. The molecule has 0 aliphatic heterocycles. The van der Waals surface area contributed by atoms with Crippen molar-refractivity contribution in [1.29, 1.82) is 0 Å². The molecule has 0 atom stereocenters. The smallest absolute Gasteiger partial charge is 0.318 e. The number of non-ortho nitro benzene ring substituents is 1. The molecule has 0 fully saturated rings. The average Bonchev–Trinajstić information content (AvgIpc) is 2.54. The van der Waals surface area contributed by atoms with Gasteiger partial charge in [-0.2, -0.15) is 0 Å².